The molecule has 2 rings (SSSR count). The first-order valence-corrected chi connectivity index (χ1v) is 2.38. The average molecular weight is 136 g/mol. The van der Waals surface area contributed by atoms with Crippen molar-refractivity contribution in [2.24, 2.45) is 0 Å². The Morgan fingerprint density at radius 3 is 2.67 bits per heavy atom. The minimum atomic E-state index is 0. The van der Waals surface area contributed by atoms with E-state index in [4.69, 9.17) is 9.84 Å². The lowest BCUT2D eigenvalue weighted by Crippen LogP contribution is -1.50. The van der Waals surface area contributed by atoms with Crippen LogP contribution < -0.4 is 4.74 Å². The SMILES string of the molecule is Oc1cccc2c1O2.[Si]. The molecule has 0 atom stereocenters. The first-order valence-electron chi connectivity index (χ1n) is 2.38. The summed E-state index contributed by atoms with van der Waals surface area (Å²) in [5.41, 5.74) is 0. The number of hydrogen-bond acceptors (Lipinski definition) is 2. The summed E-state index contributed by atoms with van der Waals surface area (Å²) in [5.74, 6) is 1.67. The Labute approximate surface area is 57.1 Å². The molecule has 0 unspecified atom stereocenters. The van der Waals surface area contributed by atoms with Crippen LogP contribution in [0.2, 0.25) is 0 Å². The third kappa shape index (κ3) is 0.790. The fraction of sp³-hybridized carbons (Fsp3) is 0. The highest BCUT2D eigenvalue weighted by Gasteiger charge is 2.22. The molecule has 1 aliphatic heterocycles. The van der Waals surface area contributed by atoms with Crippen LogP contribution in [0.4, 0.5) is 0 Å². The van der Waals surface area contributed by atoms with Crippen molar-refractivity contribution in [3.05, 3.63) is 18.2 Å². The van der Waals surface area contributed by atoms with Gasteiger partial charge in [-0.15, -0.1) is 0 Å². The van der Waals surface area contributed by atoms with Crippen molar-refractivity contribution in [1.82, 2.24) is 0 Å². The number of rotatable bonds is 0. The van der Waals surface area contributed by atoms with E-state index in [9.17, 15) is 0 Å². The van der Waals surface area contributed by atoms with Crippen LogP contribution in [-0.4, -0.2) is 16.1 Å². The van der Waals surface area contributed by atoms with Crippen molar-refractivity contribution < 1.29 is 9.84 Å². The van der Waals surface area contributed by atoms with Gasteiger partial charge in [-0.25, -0.2) is 0 Å². The summed E-state index contributed by atoms with van der Waals surface area (Å²) < 4.78 is 4.82. The van der Waals surface area contributed by atoms with E-state index in [2.05, 4.69) is 0 Å². The van der Waals surface area contributed by atoms with Crippen molar-refractivity contribution in [2.75, 3.05) is 0 Å². The van der Waals surface area contributed by atoms with E-state index in [-0.39, 0.29) is 16.7 Å². The smallest absolute Gasteiger partial charge is 0.211 e. The highest BCUT2D eigenvalue weighted by Crippen LogP contribution is 2.51. The third-order valence-electron chi connectivity index (χ3n) is 1.13. The van der Waals surface area contributed by atoms with Crippen LogP contribution in [0.3, 0.4) is 0 Å². The lowest BCUT2D eigenvalue weighted by molar-refractivity contribution is 0.463. The molecule has 1 aliphatic rings. The highest BCUT2D eigenvalue weighted by molar-refractivity contribution is 5.75. The van der Waals surface area contributed by atoms with Crippen LogP contribution in [0.25, 0.3) is 0 Å². The molecule has 0 saturated heterocycles. The zero-order valence-electron chi connectivity index (χ0n) is 4.59. The quantitative estimate of drug-likeness (QED) is 0.435. The van der Waals surface area contributed by atoms with Gasteiger partial charge >= 0.3 is 0 Å². The second kappa shape index (κ2) is 1.77. The van der Waals surface area contributed by atoms with Crippen LogP contribution in [0, 0.1) is 0 Å². The molecule has 2 nitrogen and oxygen atoms in total. The first-order chi connectivity index (χ1) is 3.88. The Hall–Kier alpha value is -0.963. The maximum atomic E-state index is 8.85. The second-order valence-corrected chi connectivity index (χ2v) is 1.71. The van der Waals surface area contributed by atoms with Gasteiger partial charge in [-0.3, -0.25) is 0 Å². The Morgan fingerprint density at radius 1 is 1.33 bits per heavy atom. The summed E-state index contributed by atoms with van der Waals surface area (Å²) in [7, 11) is 0. The van der Waals surface area contributed by atoms with Gasteiger partial charge < -0.3 is 9.84 Å². The first kappa shape index (κ1) is 6.16. The lowest BCUT2D eigenvalue weighted by atomic mass is 10.3. The number of ether oxygens (including phenoxy) is 1. The summed E-state index contributed by atoms with van der Waals surface area (Å²) in [6.45, 7) is 0. The van der Waals surface area contributed by atoms with E-state index < -0.39 is 0 Å². The van der Waals surface area contributed by atoms with Crippen LogP contribution in [0.5, 0.6) is 17.2 Å². The van der Waals surface area contributed by atoms with Gasteiger partial charge in [0.25, 0.3) is 0 Å². The van der Waals surface area contributed by atoms with Gasteiger partial charge in [-0.1, -0.05) is 6.07 Å². The molecule has 1 aromatic carbocycles. The number of phenols is 1. The Balaban J connectivity index is 0.000000405. The van der Waals surface area contributed by atoms with Crippen molar-refractivity contribution in [1.29, 1.82) is 0 Å². The summed E-state index contributed by atoms with van der Waals surface area (Å²) in [6.07, 6.45) is 0. The molecule has 0 fully saturated rings. The van der Waals surface area contributed by atoms with E-state index in [0.717, 1.165) is 5.75 Å². The topological polar surface area (TPSA) is 32.8 Å². The number of para-hydroxylation sites is 1. The molecule has 1 heterocycles. The van der Waals surface area contributed by atoms with Crippen molar-refractivity contribution >= 4 is 11.0 Å². The molecule has 44 valence electrons. The van der Waals surface area contributed by atoms with E-state index in [0.29, 0.717) is 5.75 Å². The van der Waals surface area contributed by atoms with E-state index in [1.54, 1.807) is 12.1 Å². The molecule has 4 radical (unpaired) electrons. The zero-order chi connectivity index (χ0) is 5.56. The van der Waals surface area contributed by atoms with Crippen LogP contribution in [0.15, 0.2) is 18.2 Å². The summed E-state index contributed by atoms with van der Waals surface area (Å²) in [5, 5.41) is 8.85. The maximum absolute atomic E-state index is 8.85. The van der Waals surface area contributed by atoms with Gasteiger partial charge in [-0.2, -0.15) is 0 Å². The monoisotopic (exact) mass is 136 g/mol. The number of benzene rings is 1. The van der Waals surface area contributed by atoms with Crippen LogP contribution >= 0.6 is 0 Å². The van der Waals surface area contributed by atoms with Gasteiger partial charge in [-0.05, 0) is 12.1 Å². The lowest BCUT2D eigenvalue weighted by Gasteiger charge is -1.77. The number of aromatic hydroxyl groups is 1. The highest BCUT2D eigenvalue weighted by atomic mass is 28.1. The third-order valence-corrected chi connectivity index (χ3v) is 1.13. The molecule has 0 aliphatic carbocycles. The molecule has 1 N–H and O–H groups in total. The van der Waals surface area contributed by atoms with E-state index >= 15 is 0 Å². The fourth-order valence-electron chi connectivity index (χ4n) is 0.675. The van der Waals surface area contributed by atoms with Gasteiger partial charge in [0.15, 0.2) is 11.5 Å². The van der Waals surface area contributed by atoms with Gasteiger partial charge in [0.1, 0.15) is 0 Å². The molecular formula is C6H4O2Si. The molecule has 9 heavy (non-hydrogen) atoms. The van der Waals surface area contributed by atoms with Crippen molar-refractivity contribution in [2.45, 2.75) is 0 Å². The average Bonchev–Trinajstić information content (AvgIpc) is 2.45. The van der Waals surface area contributed by atoms with Gasteiger partial charge in [0.05, 0.1) is 0 Å². The fourth-order valence-corrected chi connectivity index (χ4v) is 0.675. The van der Waals surface area contributed by atoms with Crippen molar-refractivity contribution in [3.8, 4) is 17.2 Å². The molecule has 3 heteroatoms. The number of phenolic OH excluding ortho intramolecular Hbond substituents is 1. The summed E-state index contributed by atoms with van der Waals surface area (Å²) in [6, 6.07) is 5.17. The Morgan fingerprint density at radius 2 is 2.11 bits per heavy atom. The summed E-state index contributed by atoms with van der Waals surface area (Å²) >= 11 is 0. The summed E-state index contributed by atoms with van der Waals surface area (Å²) in [4.78, 5) is 0. The molecule has 0 aromatic heterocycles. The van der Waals surface area contributed by atoms with Crippen LogP contribution in [-0.2, 0) is 0 Å². The predicted molar refractivity (Wildman–Crippen MR) is 33.9 cm³/mol. The molecule has 0 bridgehead atoms. The second-order valence-electron chi connectivity index (χ2n) is 1.71. The Kier molecular flexibility index (Phi) is 1.21. The number of hydrogen-bond donors (Lipinski definition) is 1. The Bertz CT molecular complexity index is 234. The number of fused-ring (bicyclic) bond motifs is 1. The molecule has 0 spiro atoms. The molecular weight excluding hydrogens is 132 g/mol. The van der Waals surface area contributed by atoms with Gasteiger partial charge in [0, 0.05) is 11.0 Å². The standard InChI is InChI=1S/C6H4O2.Si/c7-4-2-1-3-5-6(4)8-5;/h1-3,7H;. The normalized spacial score (nSPS) is 10.7. The van der Waals surface area contributed by atoms with Crippen LogP contribution in [0.1, 0.15) is 0 Å². The van der Waals surface area contributed by atoms with Gasteiger partial charge in [0.2, 0.25) is 5.75 Å². The van der Waals surface area contributed by atoms with Crippen molar-refractivity contribution in [3.63, 3.8) is 0 Å². The predicted octanol–water partition coefficient (Wildman–Crippen LogP) is 1.12. The minimum Gasteiger partial charge on any atom is -0.504 e. The molecule has 1 aromatic rings. The molecule has 0 saturated carbocycles. The van der Waals surface area contributed by atoms with E-state index in [1.807, 2.05) is 6.07 Å². The minimum absolute atomic E-state index is 0. The molecule has 0 amide bonds. The maximum Gasteiger partial charge on any atom is 0.211 e. The van der Waals surface area contributed by atoms with E-state index in [1.165, 1.54) is 0 Å². The zero-order valence-corrected chi connectivity index (χ0v) is 5.59. The largest absolute Gasteiger partial charge is 0.504 e.